The molecule has 2 aromatic carbocycles. The van der Waals surface area contributed by atoms with E-state index in [-0.39, 0.29) is 5.60 Å². The summed E-state index contributed by atoms with van der Waals surface area (Å²) in [5, 5.41) is 0. The first-order valence-electron chi connectivity index (χ1n) is 9.41. The van der Waals surface area contributed by atoms with Gasteiger partial charge in [0.1, 0.15) is 11.4 Å². The van der Waals surface area contributed by atoms with Gasteiger partial charge in [0.2, 0.25) is 5.95 Å². The molecule has 3 aromatic rings. The Hall–Kier alpha value is -3.14. The number of anilines is 1. The van der Waals surface area contributed by atoms with Gasteiger partial charge in [-0.15, -0.1) is 0 Å². The predicted molar refractivity (Wildman–Crippen MR) is 108 cm³/mol. The summed E-state index contributed by atoms with van der Waals surface area (Å²) in [6.07, 6.45) is 9.92. The van der Waals surface area contributed by atoms with Gasteiger partial charge >= 0.3 is 0 Å². The van der Waals surface area contributed by atoms with Crippen molar-refractivity contribution in [1.29, 1.82) is 0 Å². The number of nitrogens with zero attached hydrogens (tertiary/aromatic N) is 3. The Morgan fingerprint density at radius 2 is 1.63 bits per heavy atom. The third-order valence-electron chi connectivity index (χ3n) is 5.44. The van der Waals surface area contributed by atoms with Crippen molar-refractivity contribution in [3.63, 3.8) is 0 Å². The molecule has 0 atom stereocenters. The van der Waals surface area contributed by atoms with Gasteiger partial charge in [0.25, 0.3) is 0 Å². The van der Waals surface area contributed by atoms with Gasteiger partial charge in [-0.2, -0.15) is 0 Å². The summed E-state index contributed by atoms with van der Waals surface area (Å²) in [7, 11) is 0. The van der Waals surface area contributed by atoms with Crippen molar-refractivity contribution in [2.45, 2.75) is 18.4 Å². The number of piperidine rings is 1. The molecule has 3 heterocycles. The summed E-state index contributed by atoms with van der Waals surface area (Å²) >= 11 is 0. The highest BCUT2D eigenvalue weighted by Crippen LogP contribution is 2.39. The van der Waals surface area contributed by atoms with Gasteiger partial charge in [-0.1, -0.05) is 42.5 Å². The van der Waals surface area contributed by atoms with E-state index in [4.69, 9.17) is 4.74 Å². The molecule has 0 unspecified atom stereocenters. The third kappa shape index (κ3) is 3.08. The van der Waals surface area contributed by atoms with E-state index in [1.807, 2.05) is 12.1 Å². The van der Waals surface area contributed by atoms with Crippen molar-refractivity contribution in [2.24, 2.45) is 0 Å². The van der Waals surface area contributed by atoms with Crippen LogP contribution in [0, 0.1) is 0 Å². The Bertz CT molecular complexity index is 961. The van der Waals surface area contributed by atoms with E-state index in [0.717, 1.165) is 43.2 Å². The van der Waals surface area contributed by atoms with E-state index in [1.54, 1.807) is 12.4 Å². The molecule has 0 saturated carbocycles. The molecule has 2 aliphatic heterocycles. The second-order valence-electron chi connectivity index (χ2n) is 7.15. The fourth-order valence-electron chi connectivity index (χ4n) is 3.88. The maximum atomic E-state index is 6.48. The lowest BCUT2D eigenvalue weighted by atomic mass is 9.87. The molecule has 4 heteroatoms. The Labute approximate surface area is 159 Å². The topological polar surface area (TPSA) is 38.2 Å². The van der Waals surface area contributed by atoms with Crippen LogP contribution in [0.1, 0.15) is 18.4 Å². The first-order chi connectivity index (χ1) is 13.3. The number of benzene rings is 2. The standard InChI is InChI=1S/C23H21N3O/c1-2-5-18(6-3-1)19-7-8-21-20(17-19)9-10-23(27-21)11-15-26(16-12-23)22-24-13-4-14-25-22/h1-10,13-14,17H,11-12,15-16H2. The van der Waals surface area contributed by atoms with Gasteiger partial charge in [0.05, 0.1) is 0 Å². The molecule has 1 aromatic heterocycles. The second-order valence-corrected chi connectivity index (χ2v) is 7.15. The van der Waals surface area contributed by atoms with Crippen LogP contribution in [0.25, 0.3) is 17.2 Å². The molecule has 134 valence electrons. The van der Waals surface area contributed by atoms with E-state index in [1.165, 1.54) is 11.1 Å². The molecular formula is C23H21N3O. The SMILES string of the molecule is C1=CC2(CCN(c3ncccn3)CC2)Oc2ccc(-c3ccccc3)cc21. The average Bonchev–Trinajstić information content (AvgIpc) is 2.75. The van der Waals surface area contributed by atoms with Gasteiger partial charge < -0.3 is 9.64 Å². The van der Waals surface area contributed by atoms with Crippen LogP contribution in [0.4, 0.5) is 5.95 Å². The van der Waals surface area contributed by atoms with Crippen molar-refractivity contribution >= 4 is 12.0 Å². The van der Waals surface area contributed by atoms with Crippen LogP contribution in [-0.4, -0.2) is 28.7 Å². The molecule has 0 amide bonds. The van der Waals surface area contributed by atoms with Gasteiger partial charge in [0, 0.05) is 43.9 Å². The third-order valence-corrected chi connectivity index (χ3v) is 5.44. The normalized spacial score (nSPS) is 17.4. The first kappa shape index (κ1) is 16.1. The lowest BCUT2D eigenvalue weighted by molar-refractivity contribution is 0.0890. The Morgan fingerprint density at radius 3 is 2.41 bits per heavy atom. The monoisotopic (exact) mass is 355 g/mol. The zero-order valence-electron chi connectivity index (χ0n) is 15.1. The molecule has 1 fully saturated rings. The predicted octanol–water partition coefficient (Wildman–Crippen LogP) is 4.59. The first-order valence-corrected chi connectivity index (χ1v) is 9.41. The van der Waals surface area contributed by atoms with Crippen LogP contribution >= 0.6 is 0 Å². The minimum atomic E-state index is -0.216. The number of fused-ring (bicyclic) bond motifs is 1. The van der Waals surface area contributed by atoms with Crippen LogP contribution in [0.2, 0.25) is 0 Å². The Balaban J connectivity index is 1.34. The fraction of sp³-hybridized carbons (Fsp3) is 0.217. The summed E-state index contributed by atoms with van der Waals surface area (Å²) in [6, 6.07) is 18.8. The molecule has 0 N–H and O–H groups in total. The van der Waals surface area contributed by atoms with E-state index < -0.39 is 0 Å². The summed E-state index contributed by atoms with van der Waals surface area (Å²) in [4.78, 5) is 11.0. The molecule has 1 saturated heterocycles. The highest BCUT2D eigenvalue weighted by Gasteiger charge is 2.37. The van der Waals surface area contributed by atoms with Crippen LogP contribution in [-0.2, 0) is 0 Å². The van der Waals surface area contributed by atoms with Gasteiger partial charge in [-0.25, -0.2) is 9.97 Å². The van der Waals surface area contributed by atoms with Crippen molar-refractivity contribution in [2.75, 3.05) is 18.0 Å². The van der Waals surface area contributed by atoms with Crippen molar-refractivity contribution < 1.29 is 4.74 Å². The number of aromatic nitrogens is 2. The minimum Gasteiger partial charge on any atom is -0.482 e. The Kier molecular flexibility index (Phi) is 3.89. The van der Waals surface area contributed by atoms with E-state index >= 15 is 0 Å². The smallest absolute Gasteiger partial charge is 0.225 e. The van der Waals surface area contributed by atoms with Crippen LogP contribution < -0.4 is 9.64 Å². The second kappa shape index (κ2) is 6.54. The summed E-state index contributed by atoms with van der Waals surface area (Å²) < 4.78 is 6.48. The van der Waals surface area contributed by atoms with Crippen LogP contribution in [0.15, 0.2) is 73.1 Å². The minimum absolute atomic E-state index is 0.216. The van der Waals surface area contributed by atoms with Gasteiger partial charge in [-0.3, -0.25) is 0 Å². The summed E-state index contributed by atoms with van der Waals surface area (Å²) in [5.41, 5.74) is 3.38. The quantitative estimate of drug-likeness (QED) is 0.674. The molecule has 5 rings (SSSR count). The van der Waals surface area contributed by atoms with Crippen molar-refractivity contribution in [1.82, 2.24) is 9.97 Å². The maximum Gasteiger partial charge on any atom is 0.225 e. The molecule has 27 heavy (non-hydrogen) atoms. The fourth-order valence-corrected chi connectivity index (χ4v) is 3.88. The molecule has 2 aliphatic rings. The maximum absolute atomic E-state index is 6.48. The highest BCUT2D eigenvalue weighted by molar-refractivity contribution is 5.71. The van der Waals surface area contributed by atoms with Crippen molar-refractivity contribution in [3.8, 4) is 16.9 Å². The lowest BCUT2D eigenvalue weighted by Crippen LogP contribution is -2.48. The number of hydrogen-bond donors (Lipinski definition) is 0. The zero-order chi connectivity index (χ0) is 18.1. The van der Waals surface area contributed by atoms with Crippen molar-refractivity contribution in [3.05, 3.63) is 78.6 Å². The van der Waals surface area contributed by atoms with Gasteiger partial charge in [0.15, 0.2) is 0 Å². The highest BCUT2D eigenvalue weighted by atomic mass is 16.5. The average molecular weight is 355 g/mol. The molecular weight excluding hydrogens is 334 g/mol. The zero-order valence-corrected chi connectivity index (χ0v) is 15.1. The number of rotatable bonds is 2. The van der Waals surface area contributed by atoms with Crippen LogP contribution in [0.5, 0.6) is 5.75 Å². The van der Waals surface area contributed by atoms with E-state index in [0.29, 0.717) is 0 Å². The molecule has 4 nitrogen and oxygen atoms in total. The molecule has 0 aliphatic carbocycles. The van der Waals surface area contributed by atoms with E-state index in [2.05, 4.69) is 69.5 Å². The Morgan fingerprint density at radius 1 is 0.852 bits per heavy atom. The molecule has 1 spiro atoms. The van der Waals surface area contributed by atoms with E-state index in [9.17, 15) is 0 Å². The molecule has 0 radical (unpaired) electrons. The number of hydrogen-bond acceptors (Lipinski definition) is 4. The molecule has 0 bridgehead atoms. The van der Waals surface area contributed by atoms with Gasteiger partial charge in [-0.05, 0) is 35.4 Å². The summed E-state index contributed by atoms with van der Waals surface area (Å²) in [5.74, 6) is 1.78. The lowest BCUT2D eigenvalue weighted by Gasteiger charge is -2.41. The summed E-state index contributed by atoms with van der Waals surface area (Å²) in [6.45, 7) is 1.79. The largest absolute Gasteiger partial charge is 0.482 e. The van der Waals surface area contributed by atoms with Crippen LogP contribution in [0.3, 0.4) is 0 Å². The number of ether oxygens (including phenoxy) is 1.